The molecule has 0 unspecified atom stereocenters. The summed E-state index contributed by atoms with van der Waals surface area (Å²) in [6.45, 7) is 2.90. The number of hydrogen-bond acceptors (Lipinski definition) is 5. The number of ether oxygens (including phenoxy) is 2. The first-order valence-electron chi connectivity index (χ1n) is 7.03. The van der Waals surface area contributed by atoms with E-state index in [-0.39, 0.29) is 6.29 Å². The molecule has 0 aromatic carbocycles. The van der Waals surface area contributed by atoms with Crippen LogP contribution in [-0.2, 0) is 9.47 Å². The SMILES string of the molecule is C1=Cc2ncc(-n3ccnc3)cc2N(CC2OCCO2)C1. The lowest BCUT2D eigenvalue weighted by Crippen LogP contribution is -2.35. The first-order valence-corrected chi connectivity index (χ1v) is 7.03. The zero-order chi connectivity index (χ0) is 14.1. The van der Waals surface area contributed by atoms with E-state index < -0.39 is 0 Å². The zero-order valence-corrected chi connectivity index (χ0v) is 11.6. The average Bonchev–Trinajstić information content (AvgIpc) is 3.21. The second kappa shape index (κ2) is 5.31. The van der Waals surface area contributed by atoms with Gasteiger partial charge in [-0.3, -0.25) is 4.98 Å². The number of imidazole rings is 1. The van der Waals surface area contributed by atoms with Crippen molar-refractivity contribution in [3.05, 3.63) is 42.8 Å². The van der Waals surface area contributed by atoms with Crippen LogP contribution in [0, 0.1) is 0 Å². The molecule has 0 amide bonds. The van der Waals surface area contributed by atoms with Crippen LogP contribution in [0.4, 0.5) is 5.69 Å². The molecule has 2 aliphatic heterocycles. The van der Waals surface area contributed by atoms with E-state index >= 15 is 0 Å². The molecular weight excluding hydrogens is 268 g/mol. The lowest BCUT2D eigenvalue weighted by atomic mass is 10.1. The van der Waals surface area contributed by atoms with Gasteiger partial charge >= 0.3 is 0 Å². The number of anilines is 1. The predicted molar refractivity (Wildman–Crippen MR) is 78.3 cm³/mol. The van der Waals surface area contributed by atoms with Crippen molar-refractivity contribution in [2.24, 2.45) is 0 Å². The summed E-state index contributed by atoms with van der Waals surface area (Å²) in [6, 6.07) is 2.13. The molecule has 1 saturated heterocycles. The maximum Gasteiger partial charge on any atom is 0.175 e. The smallest absolute Gasteiger partial charge is 0.175 e. The molecule has 0 N–H and O–H groups in total. The van der Waals surface area contributed by atoms with Gasteiger partial charge in [0.15, 0.2) is 6.29 Å². The third-order valence-electron chi connectivity index (χ3n) is 3.69. The predicted octanol–water partition coefficient (Wildman–Crippen LogP) is 1.47. The first-order chi connectivity index (χ1) is 10.4. The average molecular weight is 284 g/mol. The van der Waals surface area contributed by atoms with Gasteiger partial charge in [-0.1, -0.05) is 6.08 Å². The van der Waals surface area contributed by atoms with Gasteiger partial charge in [-0.25, -0.2) is 4.98 Å². The van der Waals surface area contributed by atoms with Crippen LogP contribution in [0.5, 0.6) is 0 Å². The van der Waals surface area contributed by atoms with Gasteiger partial charge in [0.05, 0.1) is 49.4 Å². The molecule has 0 aliphatic carbocycles. The van der Waals surface area contributed by atoms with Crippen molar-refractivity contribution in [2.45, 2.75) is 6.29 Å². The Morgan fingerprint density at radius 2 is 2.19 bits per heavy atom. The number of hydrogen-bond donors (Lipinski definition) is 0. The number of pyridine rings is 1. The number of fused-ring (bicyclic) bond motifs is 1. The van der Waals surface area contributed by atoms with Gasteiger partial charge in [0, 0.05) is 18.9 Å². The van der Waals surface area contributed by atoms with Crippen LogP contribution in [0.3, 0.4) is 0 Å². The minimum Gasteiger partial charge on any atom is -0.361 e. The molecule has 0 bridgehead atoms. The van der Waals surface area contributed by atoms with Gasteiger partial charge in [0.2, 0.25) is 0 Å². The lowest BCUT2D eigenvalue weighted by molar-refractivity contribution is -0.0340. The Kier molecular flexibility index (Phi) is 3.17. The highest BCUT2D eigenvalue weighted by Crippen LogP contribution is 2.27. The summed E-state index contributed by atoms with van der Waals surface area (Å²) in [7, 11) is 0. The van der Waals surface area contributed by atoms with Gasteiger partial charge in [-0.05, 0) is 12.1 Å². The zero-order valence-electron chi connectivity index (χ0n) is 11.6. The standard InChI is InChI=1S/C15H16N4O2/c1-2-13-14(18(4-1)10-15-20-6-7-21-15)8-12(9-17-13)19-5-3-16-11-19/h1-3,5,8-9,11,15H,4,6-7,10H2. The summed E-state index contributed by atoms with van der Waals surface area (Å²) in [6.07, 6.45) is 11.3. The molecule has 21 heavy (non-hydrogen) atoms. The highest BCUT2D eigenvalue weighted by atomic mass is 16.7. The monoisotopic (exact) mass is 284 g/mol. The Labute approximate surface area is 122 Å². The van der Waals surface area contributed by atoms with Gasteiger partial charge in [0.1, 0.15) is 0 Å². The van der Waals surface area contributed by atoms with E-state index in [0.717, 1.165) is 23.6 Å². The second-order valence-electron chi connectivity index (χ2n) is 5.05. The Bertz CT molecular complexity index is 648. The maximum atomic E-state index is 5.55. The van der Waals surface area contributed by atoms with Crippen molar-refractivity contribution in [3.63, 3.8) is 0 Å². The summed E-state index contributed by atoms with van der Waals surface area (Å²) in [5.41, 5.74) is 3.07. The van der Waals surface area contributed by atoms with Crippen molar-refractivity contribution in [2.75, 3.05) is 31.2 Å². The van der Waals surface area contributed by atoms with Crippen molar-refractivity contribution in [3.8, 4) is 5.69 Å². The van der Waals surface area contributed by atoms with Crippen LogP contribution in [0.25, 0.3) is 11.8 Å². The third-order valence-corrected chi connectivity index (χ3v) is 3.69. The Balaban J connectivity index is 1.65. The van der Waals surface area contributed by atoms with E-state index in [1.807, 2.05) is 17.0 Å². The maximum absolute atomic E-state index is 5.55. The molecule has 1 fully saturated rings. The topological polar surface area (TPSA) is 52.4 Å². The molecule has 2 aromatic rings. The fourth-order valence-electron chi connectivity index (χ4n) is 2.64. The first kappa shape index (κ1) is 12.6. The molecule has 0 spiro atoms. The van der Waals surface area contributed by atoms with Gasteiger partial charge in [-0.15, -0.1) is 0 Å². The number of rotatable bonds is 3. The summed E-state index contributed by atoms with van der Waals surface area (Å²) in [5, 5.41) is 0. The van der Waals surface area contributed by atoms with E-state index in [9.17, 15) is 0 Å². The molecule has 4 rings (SSSR count). The molecule has 0 radical (unpaired) electrons. The Morgan fingerprint density at radius 1 is 1.29 bits per heavy atom. The quantitative estimate of drug-likeness (QED) is 0.854. The fraction of sp³-hybridized carbons (Fsp3) is 0.333. The third kappa shape index (κ3) is 2.43. The summed E-state index contributed by atoms with van der Waals surface area (Å²) in [5.74, 6) is 0. The molecule has 0 saturated carbocycles. The van der Waals surface area contributed by atoms with Crippen molar-refractivity contribution >= 4 is 11.8 Å². The number of nitrogens with zero attached hydrogens (tertiary/aromatic N) is 4. The molecule has 6 nitrogen and oxygen atoms in total. The molecule has 6 heteroatoms. The molecule has 108 valence electrons. The normalized spacial score (nSPS) is 18.2. The highest BCUT2D eigenvalue weighted by molar-refractivity contribution is 5.70. The molecule has 2 aliphatic rings. The van der Waals surface area contributed by atoms with Crippen LogP contribution in [0.15, 0.2) is 37.1 Å². The fourth-order valence-corrected chi connectivity index (χ4v) is 2.64. The molecule has 0 atom stereocenters. The lowest BCUT2D eigenvalue weighted by Gasteiger charge is -2.29. The van der Waals surface area contributed by atoms with Crippen LogP contribution < -0.4 is 4.90 Å². The molecule has 2 aromatic heterocycles. The summed E-state index contributed by atoms with van der Waals surface area (Å²) < 4.78 is 13.0. The van der Waals surface area contributed by atoms with Crippen LogP contribution in [-0.4, -0.2) is 47.1 Å². The minimum atomic E-state index is -0.152. The second-order valence-corrected chi connectivity index (χ2v) is 5.05. The molecular formula is C15H16N4O2. The van der Waals surface area contributed by atoms with Crippen LogP contribution in [0.2, 0.25) is 0 Å². The van der Waals surface area contributed by atoms with Gasteiger partial charge in [-0.2, -0.15) is 0 Å². The van der Waals surface area contributed by atoms with E-state index in [2.05, 4.69) is 33.1 Å². The van der Waals surface area contributed by atoms with Crippen LogP contribution >= 0.6 is 0 Å². The van der Waals surface area contributed by atoms with E-state index in [4.69, 9.17) is 9.47 Å². The van der Waals surface area contributed by atoms with Crippen molar-refractivity contribution < 1.29 is 9.47 Å². The summed E-state index contributed by atoms with van der Waals surface area (Å²) in [4.78, 5) is 10.9. The summed E-state index contributed by atoms with van der Waals surface area (Å²) >= 11 is 0. The van der Waals surface area contributed by atoms with Gasteiger partial charge < -0.3 is 18.9 Å². The Morgan fingerprint density at radius 3 is 3.00 bits per heavy atom. The van der Waals surface area contributed by atoms with E-state index in [0.29, 0.717) is 19.8 Å². The number of aromatic nitrogens is 3. The molecule has 4 heterocycles. The van der Waals surface area contributed by atoms with E-state index in [1.54, 1.807) is 12.5 Å². The highest BCUT2D eigenvalue weighted by Gasteiger charge is 2.23. The van der Waals surface area contributed by atoms with E-state index in [1.165, 1.54) is 0 Å². The van der Waals surface area contributed by atoms with Crippen LogP contribution in [0.1, 0.15) is 5.69 Å². The minimum absolute atomic E-state index is 0.152. The largest absolute Gasteiger partial charge is 0.361 e. The van der Waals surface area contributed by atoms with Gasteiger partial charge in [0.25, 0.3) is 0 Å². The van der Waals surface area contributed by atoms with Crippen molar-refractivity contribution in [1.82, 2.24) is 14.5 Å². The Hall–Kier alpha value is -2.18. The van der Waals surface area contributed by atoms with Crippen molar-refractivity contribution in [1.29, 1.82) is 0 Å².